The fourth-order valence-electron chi connectivity index (χ4n) is 3.26. The van der Waals surface area contributed by atoms with E-state index in [-0.39, 0.29) is 10.5 Å². The van der Waals surface area contributed by atoms with Gasteiger partial charge in [-0.15, -0.1) is 11.3 Å². The van der Waals surface area contributed by atoms with Crippen LogP contribution in [0.15, 0.2) is 70.9 Å². The lowest BCUT2D eigenvalue weighted by atomic mass is 10.0. The highest BCUT2D eigenvalue weighted by Crippen LogP contribution is 2.30. The Bertz CT molecular complexity index is 1170. The van der Waals surface area contributed by atoms with Gasteiger partial charge in [0, 0.05) is 4.88 Å². The van der Waals surface area contributed by atoms with E-state index in [4.69, 9.17) is 0 Å². The van der Waals surface area contributed by atoms with Crippen LogP contribution in [-0.2, 0) is 14.8 Å². The van der Waals surface area contributed by atoms with Crippen molar-refractivity contribution in [1.82, 2.24) is 9.62 Å². The number of hydrogen-bond acceptors (Lipinski definition) is 5. The second kappa shape index (κ2) is 7.46. The summed E-state index contributed by atoms with van der Waals surface area (Å²) < 4.78 is 26.0. The molecule has 1 aliphatic rings. The van der Waals surface area contributed by atoms with Crippen molar-refractivity contribution in [2.45, 2.75) is 17.9 Å². The summed E-state index contributed by atoms with van der Waals surface area (Å²) in [7, 11) is -4.02. The lowest BCUT2D eigenvalue weighted by Crippen LogP contribution is -2.41. The summed E-state index contributed by atoms with van der Waals surface area (Å²) in [4.78, 5) is 26.2. The van der Waals surface area contributed by atoms with Crippen molar-refractivity contribution in [2.75, 3.05) is 6.54 Å². The summed E-state index contributed by atoms with van der Waals surface area (Å²) in [6.45, 7) is 1.41. The van der Waals surface area contributed by atoms with Crippen molar-refractivity contribution < 1.29 is 18.0 Å². The van der Waals surface area contributed by atoms with Crippen LogP contribution in [0.5, 0.6) is 0 Å². The maximum absolute atomic E-state index is 12.8. The van der Waals surface area contributed by atoms with Gasteiger partial charge in [-0.2, -0.15) is 0 Å². The van der Waals surface area contributed by atoms with Crippen molar-refractivity contribution in [3.05, 3.63) is 87.6 Å². The summed E-state index contributed by atoms with van der Waals surface area (Å²) >= 11 is 1.49. The van der Waals surface area contributed by atoms with Gasteiger partial charge >= 0.3 is 0 Å². The van der Waals surface area contributed by atoms with E-state index in [0.29, 0.717) is 4.31 Å². The van der Waals surface area contributed by atoms with E-state index < -0.39 is 34.4 Å². The zero-order chi connectivity index (χ0) is 20.6. The van der Waals surface area contributed by atoms with E-state index in [1.807, 2.05) is 48.7 Å². The number of carbonyl (C=O) groups is 2. The largest absolute Gasteiger partial charge is 0.343 e. The zero-order valence-corrected chi connectivity index (χ0v) is 17.2. The Balaban J connectivity index is 1.58. The molecule has 1 atom stereocenters. The first-order valence-corrected chi connectivity index (χ1v) is 11.3. The molecule has 0 unspecified atom stereocenters. The minimum Gasteiger partial charge on any atom is -0.343 e. The highest BCUT2D eigenvalue weighted by Gasteiger charge is 2.42. The smallest absolute Gasteiger partial charge is 0.269 e. The maximum Gasteiger partial charge on any atom is 0.269 e. The van der Waals surface area contributed by atoms with Crippen molar-refractivity contribution in [3.63, 3.8) is 0 Å². The van der Waals surface area contributed by atoms with Crippen molar-refractivity contribution >= 4 is 33.2 Å². The van der Waals surface area contributed by atoms with Gasteiger partial charge in [-0.25, -0.2) is 12.7 Å². The monoisotopic (exact) mass is 426 g/mol. The number of thiophene rings is 1. The number of benzene rings is 2. The minimum absolute atomic E-state index is 0.0638. The Hall–Kier alpha value is -2.97. The molecule has 0 saturated heterocycles. The zero-order valence-electron chi connectivity index (χ0n) is 15.5. The summed E-state index contributed by atoms with van der Waals surface area (Å²) in [5, 5.41) is 4.79. The molecule has 0 fully saturated rings. The van der Waals surface area contributed by atoms with Crippen LogP contribution in [0.2, 0.25) is 0 Å². The first-order valence-electron chi connectivity index (χ1n) is 8.93. The average molecular weight is 427 g/mol. The van der Waals surface area contributed by atoms with Gasteiger partial charge in [-0.1, -0.05) is 48.0 Å². The Morgan fingerprint density at radius 3 is 2.45 bits per heavy atom. The molecule has 1 aromatic heterocycles. The molecular formula is C21H18N2O4S2. The van der Waals surface area contributed by atoms with Gasteiger partial charge < -0.3 is 5.32 Å². The van der Waals surface area contributed by atoms with Crippen molar-refractivity contribution in [2.24, 2.45) is 0 Å². The Kier molecular flexibility index (Phi) is 4.97. The van der Waals surface area contributed by atoms with E-state index in [0.717, 1.165) is 16.0 Å². The number of amides is 2. The number of rotatable bonds is 5. The van der Waals surface area contributed by atoms with Crippen molar-refractivity contribution in [3.8, 4) is 0 Å². The molecule has 1 aliphatic heterocycles. The summed E-state index contributed by atoms with van der Waals surface area (Å²) in [5.41, 5.74) is 2.07. The summed E-state index contributed by atoms with van der Waals surface area (Å²) in [6, 6.07) is 17.1. The lowest BCUT2D eigenvalue weighted by molar-refractivity contribution is -0.121. The van der Waals surface area contributed by atoms with E-state index in [1.165, 1.54) is 23.5 Å². The first kappa shape index (κ1) is 19.4. The van der Waals surface area contributed by atoms with E-state index in [9.17, 15) is 18.0 Å². The number of aryl methyl sites for hydroxylation is 1. The van der Waals surface area contributed by atoms with Crippen LogP contribution in [0.4, 0.5) is 0 Å². The number of nitrogens with zero attached hydrogens (tertiary/aromatic N) is 1. The molecule has 2 heterocycles. The second-order valence-corrected chi connectivity index (χ2v) is 9.55. The molecule has 0 bridgehead atoms. The number of nitrogens with one attached hydrogen (secondary N) is 1. The van der Waals surface area contributed by atoms with Crippen LogP contribution in [0.3, 0.4) is 0 Å². The molecule has 148 valence electrons. The average Bonchev–Trinajstić information content (AvgIpc) is 3.30. The van der Waals surface area contributed by atoms with Gasteiger partial charge in [0.15, 0.2) is 0 Å². The third-order valence-corrected chi connectivity index (χ3v) is 7.47. The third kappa shape index (κ3) is 3.56. The second-order valence-electron chi connectivity index (χ2n) is 6.74. The normalized spacial score (nSPS) is 15.8. The third-order valence-electron chi connectivity index (χ3n) is 4.74. The fourth-order valence-corrected chi connectivity index (χ4v) is 5.59. The molecule has 0 saturated carbocycles. The van der Waals surface area contributed by atoms with Crippen LogP contribution in [0, 0.1) is 6.92 Å². The van der Waals surface area contributed by atoms with E-state index in [1.54, 1.807) is 12.1 Å². The molecule has 6 nitrogen and oxygen atoms in total. The van der Waals surface area contributed by atoms with Crippen molar-refractivity contribution in [1.29, 1.82) is 0 Å². The molecule has 4 rings (SSSR count). The number of sulfonamides is 1. The Morgan fingerprint density at radius 1 is 1.07 bits per heavy atom. The fraction of sp³-hybridized carbons (Fsp3) is 0.143. The molecule has 0 aliphatic carbocycles. The van der Waals surface area contributed by atoms with Crippen LogP contribution in [0.25, 0.3) is 0 Å². The molecule has 29 heavy (non-hydrogen) atoms. The highest BCUT2D eigenvalue weighted by atomic mass is 32.2. The maximum atomic E-state index is 12.8. The lowest BCUT2D eigenvalue weighted by Gasteiger charge is -2.21. The molecular weight excluding hydrogens is 408 g/mol. The molecule has 3 aromatic rings. The topological polar surface area (TPSA) is 83.6 Å². The van der Waals surface area contributed by atoms with Gasteiger partial charge in [0.25, 0.3) is 15.9 Å². The first-order chi connectivity index (χ1) is 13.9. The molecule has 8 heteroatoms. The molecule has 2 amide bonds. The molecule has 1 N–H and O–H groups in total. The molecule has 0 radical (unpaired) electrons. The number of carbonyl (C=O) groups excluding carboxylic acids is 2. The summed E-state index contributed by atoms with van der Waals surface area (Å²) in [5.74, 6) is -1.23. The number of fused-ring (bicyclic) bond motifs is 1. The van der Waals surface area contributed by atoms with Gasteiger partial charge in [0.2, 0.25) is 5.91 Å². The van der Waals surface area contributed by atoms with Crippen LogP contribution in [0.1, 0.15) is 32.4 Å². The minimum atomic E-state index is -4.02. The predicted octanol–water partition coefficient (Wildman–Crippen LogP) is 3.11. The quantitative estimate of drug-likeness (QED) is 0.680. The van der Waals surface area contributed by atoms with Gasteiger partial charge in [-0.05, 0) is 36.1 Å². The summed E-state index contributed by atoms with van der Waals surface area (Å²) in [6.07, 6.45) is 0. The van der Waals surface area contributed by atoms with Crippen LogP contribution in [-0.4, -0.2) is 31.1 Å². The predicted molar refractivity (Wildman–Crippen MR) is 110 cm³/mol. The Labute approximate surface area is 172 Å². The van der Waals surface area contributed by atoms with E-state index >= 15 is 0 Å². The standard InChI is InChI=1S/C21H18N2O4S2/c1-14-8-10-15(11-9-14)20(17-6-4-12-28-17)22-19(24)13-23-21(25)16-5-2-3-7-18(16)29(23,26)27/h2-12,20H,13H2,1H3,(H,22,24)/t20-/m0/s1. The SMILES string of the molecule is Cc1ccc([C@H](NC(=O)CN2C(=O)c3ccccc3S2(=O)=O)c2cccs2)cc1. The molecule has 2 aromatic carbocycles. The highest BCUT2D eigenvalue weighted by molar-refractivity contribution is 7.90. The van der Waals surface area contributed by atoms with E-state index in [2.05, 4.69) is 5.32 Å². The van der Waals surface area contributed by atoms with Gasteiger partial charge in [-0.3, -0.25) is 9.59 Å². The van der Waals surface area contributed by atoms with Crippen LogP contribution < -0.4 is 5.32 Å². The Morgan fingerprint density at radius 2 is 1.79 bits per heavy atom. The van der Waals surface area contributed by atoms with Gasteiger partial charge in [0.1, 0.15) is 11.4 Å². The number of hydrogen-bond donors (Lipinski definition) is 1. The molecule has 0 spiro atoms. The van der Waals surface area contributed by atoms with Crippen LogP contribution >= 0.6 is 11.3 Å². The van der Waals surface area contributed by atoms with Gasteiger partial charge in [0.05, 0.1) is 11.6 Å².